The zero-order chi connectivity index (χ0) is 18.9. The molecule has 0 aliphatic heterocycles. The molecule has 2 rings (SSSR count). The Morgan fingerprint density at radius 3 is 2.65 bits per heavy atom. The molecule has 0 atom stereocenters. The fourth-order valence-electron chi connectivity index (χ4n) is 2.24. The number of ether oxygens (including phenoxy) is 3. The zero-order valence-corrected chi connectivity index (χ0v) is 15.7. The van der Waals surface area contributed by atoms with Crippen LogP contribution >= 0.6 is 11.6 Å². The molecule has 7 heteroatoms. The van der Waals surface area contributed by atoms with Crippen LogP contribution in [0.1, 0.15) is 18.1 Å². The lowest BCUT2D eigenvalue weighted by atomic mass is 10.1. The molecule has 6 nitrogen and oxygen atoms in total. The van der Waals surface area contributed by atoms with E-state index in [2.05, 4.69) is 10.5 Å². The van der Waals surface area contributed by atoms with Crippen molar-refractivity contribution in [3.05, 3.63) is 52.5 Å². The van der Waals surface area contributed by atoms with Gasteiger partial charge in [0.25, 0.3) is 0 Å². The Kier molecular flexibility index (Phi) is 7.29. The van der Waals surface area contributed by atoms with Crippen molar-refractivity contribution in [1.29, 1.82) is 0 Å². The van der Waals surface area contributed by atoms with Crippen LogP contribution < -0.4 is 19.6 Å². The van der Waals surface area contributed by atoms with Gasteiger partial charge >= 0.3 is 0 Å². The van der Waals surface area contributed by atoms with Crippen molar-refractivity contribution in [3.63, 3.8) is 0 Å². The molecule has 138 valence electrons. The number of rotatable bonds is 8. The van der Waals surface area contributed by atoms with Crippen LogP contribution in [-0.2, 0) is 11.2 Å². The highest BCUT2D eigenvalue weighted by Gasteiger charge is 2.08. The number of amides is 1. The van der Waals surface area contributed by atoms with Crippen LogP contribution in [0.3, 0.4) is 0 Å². The summed E-state index contributed by atoms with van der Waals surface area (Å²) in [5.74, 6) is 1.62. The molecule has 0 unspecified atom stereocenters. The van der Waals surface area contributed by atoms with Gasteiger partial charge in [-0.1, -0.05) is 11.6 Å². The highest BCUT2D eigenvalue weighted by atomic mass is 35.5. The molecule has 0 fully saturated rings. The van der Waals surface area contributed by atoms with Crippen molar-refractivity contribution in [2.45, 2.75) is 13.3 Å². The van der Waals surface area contributed by atoms with Crippen LogP contribution in [0.5, 0.6) is 17.2 Å². The van der Waals surface area contributed by atoms with Gasteiger partial charge in [0.2, 0.25) is 5.91 Å². The molecule has 0 saturated carbocycles. The average molecular weight is 377 g/mol. The molecule has 2 aromatic carbocycles. The second-order valence-corrected chi connectivity index (χ2v) is 5.68. The van der Waals surface area contributed by atoms with E-state index in [0.717, 1.165) is 5.56 Å². The third kappa shape index (κ3) is 5.39. The molecule has 1 N–H and O–H groups in total. The number of hydrogen-bond donors (Lipinski definition) is 1. The predicted molar refractivity (Wildman–Crippen MR) is 102 cm³/mol. The quantitative estimate of drug-likeness (QED) is 0.566. The summed E-state index contributed by atoms with van der Waals surface area (Å²) in [6.07, 6.45) is 1.63. The van der Waals surface area contributed by atoms with Gasteiger partial charge in [-0.2, -0.15) is 5.10 Å². The molecule has 0 aliphatic rings. The number of hydrogen-bond acceptors (Lipinski definition) is 5. The Morgan fingerprint density at radius 2 is 1.96 bits per heavy atom. The Bertz CT molecular complexity index is 793. The van der Waals surface area contributed by atoms with E-state index in [0.29, 0.717) is 34.4 Å². The van der Waals surface area contributed by atoms with Gasteiger partial charge in [0.05, 0.1) is 33.5 Å². The Balaban J connectivity index is 1.98. The fraction of sp³-hybridized carbons (Fsp3) is 0.263. The summed E-state index contributed by atoms with van der Waals surface area (Å²) in [5, 5.41) is 4.47. The average Bonchev–Trinajstić information content (AvgIpc) is 2.64. The van der Waals surface area contributed by atoms with Crippen LogP contribution in [0, 0.1) is 0 Å². The molecule has 0 bridgehead atoms. The standard InChI is InChI=1S/C19H21ClN2O4/c1-4-26-17-8-5-13(9-18(17)25-3)12-21-22-19(23)11-14-10-15(24-2)6-7-16(14)20/h5-10,12H,4,11H2,1-3H3,(H,22,23)/b21-12+. The van der Waals surface area contributed by atoms with Gasteiger partial charge in [-0.3, -0.25) is 4.79 Å². The minimum atomic E-state index is -0.283. The summed E-state index contributed by atoms with van der Waals surface area (Å²) in [6, 6.07) is 10.5. The second kappa shape index (κ2) is 9.68. The van der Waals surface area contributed by atoms with Crippen LogP contribution in [-0.4, -0.2) is 32.9 Å². The van der Waals surface area contributed by atoms with Crippen molar-refractivity contribution in [1.82, 2.24) is 5.43 Å². The smallest absolute Gasteiger partial charge is 0.244 e. The van der Waals surface area contributed by atoms with Crippen LogP contribution in [0.15, 0.2) is 41.5 Å². The van der Waals surface area contributed by atoms with Gasteiger partial charge in [-0.15, -0.1) is 0 Å². The lowest BCUT2D eigenvalue weighted by Crippen LogP contribution is -2.20. The van der Waals surface area contributed by atoms with Gasteiger partial charge < -0.3 is 14.2 Å². The maximum absolute atomic E-state index is 12.0. The first-order valence-corrected chi connectivity index (χ1v) is 8.40. The van der Waals surface area contributed by atoms with E-state index in [1.807, 2.05) is 13.0 Å². The summed E-state index contributed by atoms with van der Waals surface area (Å²) in [5.41, 5.74) is 3.92. The van der Waals surface area contributed by atoms with Crippen LogP contribution in [0.2, 0.25) is 5.02 Å². The zero-order valence-electron chi connectivity index (χ0n) is 14.9. The molecular weight excluding hydrogens is 356 g/mol. The van der Waals surface area contributed by atoms with Crippen LogP contribution in [0.4, 0.5) is 0 Å². The molecule has 0 aliphatic carbocycles. The van der Waals surface area contributed by atoms with E-state index in [4.69, 9.17) is 25.8 Å². The van der Waals surface area contributed by atoms with Crippen molar-refractivity contribution in [2.75, 3.05) is 20.8 Å². The second-order valence-electron chi connectivity index (χ2n) is 5.27. The maximum atomic E-state index is 12.0. The van der Waals surface area contributed by atoms with Gasteiger partial charge in [-0.05, 0) is 54.4 Å². The number of nitrogens with one attached hydrogen (secondary N) is 1. The SMILES string of the molecule is CCOc1ccc(/C=N/NC(=O)Cc2cc(OC)ccc2Cl)cc1OC. The van der Waals surface area contributed by atoms with Crippen molar-refractivity contribution in [2.24, 2.45) is 5.10 Å². The normalized spacial score (nSPS) is 10.6. The first-order chi connectivity index (χ1) is 12.6. The summed E-state index contributed by atoms with van der Waals surface area (Å²) in [6.45, 7) is 2.45. The third-order valence-electron chi connectivity index (χ3n) is 3.49. The monoisotopic (exact) mass is 376 g/mol. The first-order valence-electron chi connectivity index (χ1n) is 8.02. The third-order valence-corrected chi connectivity index (χ3v) is 3.86. The van der Waals surface area contributed by atoms with Crippen molar-refractivity contribution in [3.8, 4) is 17.2 Å². The van der Waals surface area contributed by atoms with E-state index in [9.17, 15) is 4.79 Å². The Hall–Kier alpha value is -2.73. The molecule has 2 aromatic rings. The fourth-order valence-corrected chi connectivity index (χ4v) is 2.43. The van der Waals surface area contributed by atoms with Crippen LogP contribution in [0.25, 0.3) is 0 Å². The molecule has 0 radical (unpaired) electrons. The highest BCUT2D eigenvalue weighted by molar-refractivity contribution is 6.31. The molecule has 0 heterocycles. The highest BCUT2D eigenvalue weighted by Crippen LogP contribution is 2.27. The maximum Gasteiger partial charge on any atom is 0.244 e. The minimum absolute atomic E-state index is 0.0972. The number of carbonyl (C=O) groups excluding carboxylic acids is 1. The number of hydrazone groups is 1. The predicted octanol–water partition coefficient (Wildman–Crippen LogP) is 3.45. The molecule has 0 saturated heterocycles. The summed E-state index contributed by atoms with van der Waals surface area (Å²) in [4.78, 5) is 12.0. The Labute approximate surface area is 157 Å². The van der Waals surface area contributed by atoms with E-state index in [-0.39, 0.29) is 12.3 Å². The van der Waals surface area contributed by atoms with Crippen molar-refractivity contribution >= 4 is 23.7 Å². The molecule has 0 aromatic heterocycles. The molecular formula is C19H21ClN2O4. The summed E-state index contributed by atoms with van der Waals surface area (Å²) < 4.78 is 15.9. The largest absolute Gasteiger partial charge is 0.497 e. The number of carbonyl (C=O) groups is 1. The van der Waals surface area contributed by atoms with Gasteiger partial charge in [0.15, 0.2) is 11.5 Å². The van der Waals surface area contributed by atoms with E-state index in [1.54, 1.807) is 44.6 Å². The number of halogens is 1. The Morgan fingerprint density at radius 1 is 1.15 bits per heavy atom. The molecule has 26 heavy (non-hydrogen) atoms. The summed E-state index contributed by atoms with van der Waals surface area (Å²) in [7, 11) is 3.13. The van der Waals surface area contributed by atoms with E-state index < -0.39 is 0 Å². The number of nitrogens with zero attached hydrogens (tertiary/aromatic N) is 1. The number of benzene rings is 2. The molecule has 1 amide bonds. The van der Waals surface area contributed by atoms with Gasteiger partial charge in [0.1, 0.15) is 5.75 Å². The van der Waals surface area contributed by atoms with E-state index in [1.165, 1.54) is 6.21 Å². The lowest BCUT2D eigenvalue weighted by Gasteiger charge is -2.09. The lowest BCUT2D eigenvalue weighted by molar-refractivity contribution is -0.120. The topological polar surface area (TPSA) is 69.2 Å². The van der Waals surface area contributed by atoms with Gasteiger partial charge in [-0.25, -0.2) is 5.43 Å². The molecule has 0 spiro atoms. The summed E-state index contributed by atoms with van der Waals surface area (Å²) >= 11 is 6.10. The first kappa shape index (κ1) is 19.6. The van der Waals surface area contributed by atoms with Gasteiger partial charge in [0, 0.05) is 5.02 Å². The van der Waals surface area contributed by atoms with Crippen molar-refractivity contribution < 1.29 is 19.0 Å². The minimum Gasteiger partial charge on any atom is -0.497 e. The van der Waals surface area contributed by atoms with E-state index >= 15 is 0 Å². The number of methoxy groups -OCH3 is 2.